The van der Waals surface area contributed by atoms with E-state index in [1.807, 2.05) is 11.7 Å². The van der Waals surface area contributed by atoms with Crippen LogP contribution in [-0.4, -0.2) is 16.3 Å². The molecule has 86 valence electrons. The molecule has 3 nitrogen and oxygen atoms in total. The van der Waals surface area contributed by atoms with Crippen LogP contribution in [0.2, 0.25) is 0 Å². The second-order valence-electron chi connectivity index (χ2n) is 3.56. The van der Waals surface area contributed by atoms with Crippen LogP contribution in [0, 0.1) is 0 Å². The van der Waals surface area contributed by atoms with Crippen molar-refractivity contribution in [1.82, 2.24) is 15.1 Å². The Kier molecular flexibility index (Phi) is 3.78. The first-order valence-electron chi connectivity index (χ1n) is 5.19. The van der Waals surface area contributed by atoms with Crippen LogP contribution in [0.5, 0.6) is 0 Å². The van der Waals surface area contributed by atoms with Crippen LogP contribution in [0.4, 0.5) is 0 Å². The van der Waals surface area contributed by atoms with Crippen molar-refractivity contribution in [3.8, 4) is 10.6 Å². The first kappa shape index (κ1) is 11.8. The van der Waals surface area contributed by atoms with Gasteiger partial charge in [-0.1, -0.05) is 6.92 Å². The number of nitrogens with one attached hydrogen (secondary N) is 1. The van der Waals surface area contributed by atoms with E-state index < -0.39 is 0 Å². The molecule has 0 aliphatic rings. The van der Waals surface area contributed by atoms with E-state index in [1.165, 1.54) is 10.4 Å². The highest BCUT2D eigenvalue weighted by Crippen LogP contribution is 2.32. The maximum atomic E-state index is 4.51. The lowest BCUT2D eigenvalue weighted by Gasteiger charge is -2.00. The van der Waals surface area contributed by atoms with Crippen molar-refractivity contribution >= 4 is 27.3 Å². The average molecular weight is 300 g/mol. The van der Waals surface area contributed by atoms with Gasteiger partial charge in [0.05, 0.1) is 8.66 Å². The largest absolute Gasteiger partial charge is 0.313 e. The molecule has 2 aromatic heterocycles. The number of nitrogens with zero attached hydrogens (tertiary/aromatic N) is 2. The molecular weight excluding hydrogens is 286 g/mol. The van der Waals surface area contributed by atoms with Gasteiger partial charge in [0.2, 0.25) is 0 Å². The highest BCUT2D eigenvalue weighted by molar-refractivity contribution is 9.11. The van der Waals surface area contributed by atoms with Gasteiger partial charge in [0.1, 0.15) is 5.69 Å². The van der Waals surface area contributed by atoms with Gasteiger partial charge in [0.15, 0.2) is 0 Å². The molecule has 0 aromatic carbocycles. The van der Waals surface area contributed by atoms with Gasteiger partial charge in [0.25, 0.3) is 0 Å². The molecule has 0 unspecified atom stereocenters. The van der Waals surface area contributed by atoms with Gasteiger partial charge in [-0.2, -0.15) is 5.10 Å². The summed E-state index contributed by atoms with van der Waals surface area (Å²) in [6, 6.07) is 4.16. The molecule has 0 fully saturated rings. The van der Waals surface area contributed by atoms with Crippen LogP contribution in [0.15, 0.2) is 22.1 Å². The molecule has 0 aliphatic carbocycles. The molecular formula is C11H14BrN3S. The van der Waals surface area contributed by atoms with E-state index in [2.05, 4.69) is 51.6 Å². The molecule has 2 heterocycles. The minimum Gasteiger partial charge on any atom is -0.313 e. The lowest BCUT2D eigenvalue weighted by Crippen LogP contribution is -2.11. The van der Waals surface area contributed by atoms with Crippen molar-refractivity contribution in [2.75, 3.05) is 6.54 Å². The van der Waals surface area contributed by atoms with E-state index in [9.17, 15) is 0 Å². The van der Waals surface area contributed by atoms with E-state index in [-0.39, 0.29) is 0 Å². The molecule has 0 atom stereocenters. The minimum absolute atomic E-state index is 0.870. The third kappa shape index (κ3) is 2.53. The molecule has 0 saturated carbocycles. The first-order valence-corrected chi connectivity index (χ1v) is 6.80. The molecule has 5 heteroatoms. The van der Waals surface area contributed by atoms with E-state index >= 15 is 0 Å². The second-order valence-corrected chi connectivity index (χ2v) is 6.02. The Hall–Kier alpha value is -0.650. The summed E-state index contributed by atoms with van der Waals surface area (Å²) in [7, 11) is 1.96. The number of aryl methyl sites for hydroxylation is 1. The lowest BCUT2D eigenvalue weighted by atomic mass is 10.2. The van der Waals surface area contributed by atoms with Gasteiger partial charge in [-0.15, -0.1) is 11.3 Å². The third-order valence-corrected chi connectivity index (χ3v) is 3.91. The summed E-state index contributed by atoms with van der Waals surface area (Å²) in [5, 5.41) is 7.85. The van der Waals surface area contributed by atoms with Crippen molar-refractivity contribution in [2.45, 2.75) is 13.5 Å². The minimum atomic E-state index is 0.870. The number of aromatic nitrogens is 2. The highest BCUT2D eigenvalue weighted by Gasteiger charge is 2.11. The van der Waals surface area contributed by atoms with Gasteiger partial charge >= 0.3 is 0 Å². The van der Waals surface area contributed by atoms with Gasteiger partial charge in [0, 0.05) is 25.4 Å². The van der Waals surface area contributed by atoms with E-state index in [0.29, 0.717) is 0 Å². The zero-order valence-electron chi connectivity index (χ0n) is 9.33. The van der Waals surface area contributed by atoms with Crippen molar-refractivity contribution in [3.05, 3.63) is 27.7 Å². The van der Waals surface area contributed by atoms with Crippen molar-refractivity contribution in [1.29, 1.82) is 0 Å². The van der Waals surface area contributed by atoms with Crippen LogP contribution in [-0.2, 0) is 13.6 Å². The van der Waals surface area contributed by atoms with Crippen LogP contribution in [0.3, 0.4) is 0 Å². The first-order chi connectivity index (χ1) is 7.70. The van der Waals surface area contributed by atoms with Crippen molar-refractivity contribution in [3.63, 3.8) is 0 Å². The summed E-state index contributed by atoms with van der Waals surface area (Å²) >= 11 is 5.20. The summed E-state index contributed by atoms with van der Waals surface area (Å²) in [5.74, 6) is 0. The Morgan fingerprint density at radius 2 is 2.31 bits per heavy atom. The number of thiophene rings is 1. The third-order valence-electron chi connectivity index (χ3n) is 2.28. The molecule has 0 radical (unpaired) electrons. The monoisotopic (exact) mass is 299 g/mol. The SMILES string of the molecule is CCNCc1cn(C)nc1-c1ccc(Br)s1. The Morgan fingerprint density at radius 3 is 2.94 bits per heavy atom. The number of hydrogen-bond acceptors (Lipinski definition) is 3. The van der Waals surface area contributed by atoms with Crippen LogP contribution < -0.4 is 5.32 Å². The maximum Gasteiger partial charge on any atom is 0.107 e. The van der Waals surface area contributed by atoms with Gasteiger partial charge in [-0.3, -0.25) is 4.68 Å². The zero-order chi connectivity index (χ0) is 11.5. The normalized spacial score (nSPS) is 10.9. The Bertz CT molecular complexity index is 475. The predicted molar refractivity (Wildman–Crippen MR) is 71.6 cm³/mol. The lowest BCUT2D eigenvalue weighted by molar-refractivity contribution is 0.724. The smallest absolute Gasteiger partial charge is 0.107 e. The number of rotatable bonds is 4. The van der Waals surface area contributed by atoms with Crippen molar-refractivity contribution in [2.24, 2.45) is 7.05 Å². The fraction of sp³-hybridized carbons (Fsp3) is 0.364. The van der Waals surface area contributed by atoms with Crippen LogP contribution >= 0.6 is 27.3 Å². The van der Waals surface area contributed by atoms with Crippen LogP contribution in [0.1, 0.15) is 12.5 Å². The average Bonchev–Trinajstić information content (AvgIpc) is 2.81. The molecule has 0 aliphatic heterocycles. The Balaban J connectivity index is 2.32. The quantitative estimate of drug-likeness (QED) is 0.940. The van der Waals surface area contributed by atoms with E-state index in [1.54, 1.807) is 11.3 Å². The molecule has 2 rings (SSSR count). The topological polar surface area (TPSA) is 29.9 Å². The summed E-state index contributed by atoms with van der Waals surface area (Å²) in [6.07, 6.45) is 2.08. The van der Waals surface area contributed by atoms with Crippen LogP contribution in [0.25, 0.3) is 10.6 Å². The predicted octanol–water partition coefficient (Wildman–Crippen LogP) is 3.02. The fourth-order valence-corrected chi connectivity index (χ4v) is 2.98. The Labute approximate surface area is 108 Å². The molecule has 1 N–H and O–H groups in total. The van der Waals surface area contributed by atoms with Gasteiger partial charge < -0.3 is 5.32 Å². The standard InChI is InChI=1S/C11H14BrN3S/c1-3-13-6-8-7-15(2)14-11(8)9-4-5-10(12)16-9/h4-5,7,13H,3,6H2,1-2H3. The maximum absolute atomic E-state index is 4.51. The highest BCUT2D eigenvalue weighted by atomic mass is 79.9. The molecule has 16 heavy (non-hydrogen) atoms. The zero-order valence-corrected chi connectivity index (χ0v) is 11.7. The fourth-order valence-electron chi connectivity index (χ4n) is 1.58. The molecule has 2 aromatic rings. The summed E-state index contributed by atoms with van der Waals surface area (Å²) < 4.78 is 3.01. The summed E-state index contributed by atoms with van der Waals surface area (Å²) in [4.78, 5) is 1.21. The summed E-state index contributed by atoms with van der Waals surface area (Å²) in [5.41, 5.74) is 2.33. The number of halogens is 1. The molecule has 0 amide bonds. The molecule has 0 bridgehead atoms. The van der Waals surface area contributed by atoms with Crippen molar-refractivity contribution < 1.29 is 0 Å². The van der Waals surface area contributed by atoms with Gasteiger partial charge in [-0.05, 0) is 34.6 Å². The number of hydrogen-bond donors (Lipinski definition) is 1. The molecule has 0 saturated heterocycles. The second kappa shape index (κ2) is 5.12. The van der Waals surface area contributed by atoms with E-state index in [4.69, 9.17) is 0 Å². The Morgan fingerprint density at radius 1 is 1.50 bits per heavy atom. The van der Waals surface area contributed by atoms with E-state index in [0.717, 1.165) is 22.6 Å². The molecule has 0 spiro atoms. The summed E-state index contributed by atoms with van der Waals surface area (Å²) in [6.45, 7) is 3.95. The van der Waals surface area contributed by atoms with Gasteiger partial charge in [-0.25, -0.2) is 0 Å².